The summed E-state index contributed by atoms with van der Waals surface area (Å²) in [4.78, 5) is 32.4. The van der Waals surface area contributed by atoms with E-state index in [9.17, 15) is 9.59 Å². The van der Waals surface area contributed by atoms with Crippen LogP contribution in [0, 0.1) is 6.92 Å². The van der Waals surface area contributed by atoms with Gasteiger partial charge in [0.05, 0.1) is 43.7 Å². The topological polar surface area (TPSA) is 88.4 Å². The molecule has 39 heavy (non-hydrogen) atoms. The molecule has 1 aliphatic heterocycles. The highest BCUT2D eigenvalue weighted by molar-refractivity contribution is 7.07. The number of esters is 1. The molecule has 0 radical (unpaired) electrons. The van der Waals surface area contributed by atoms with Crippen LogP contribution in [0.4, 0.5) is 0 Å². The maximum atomic E-state index is 14.0. The molecule has 0 unspecified atom stereocenters. The van der Waals surface area contributed by atoms with Crippen molar-refractivity contribution in [2.24, 2.45) is 4.99 Å². The summed E-state index contributed by atoms with van der Waals surface area (Å²) in [5, 5.41) is 0. The minimum atomic E-state index is -0.786. The molecule has 0 saturated carbocycles. The van der Waals surface area contributed by atoms with Gasteiger partial charge in [-0.05, 0) is 73.7 Å². The van der Waals surface area contributed by atoms with Crippen LogP contribution in [0.2, 0.25) is 0 Å². The Morgan fingerprint density at radius 3 is 2.41 bits per heavy atom. The average molecular weight is 551 g/mol. The lowest BCUT2D eigenvalue weighted by Crippen LogP contribution is -2.40. The molecule has 0 N–H and O–H groups in total. The van der Waals surface area contributed by atoms with Gasteiger partial charge < -0.3 is 18.9 Å². The number of rotatable bonds is 8. The van der Waals surface area contributed by atoms with E-state index in [1.165, 1.54) is 11.3 Å². The number of benzene rings is 2. The van der Waals surface area contributed by atoms with Crippen molar-refractivity contribution < 1.29 is 23.7 Å². The van der Waals surface area contributed by atoms with Gasteiger partial charge in [0.1, 0.15) is 23.3 Å². The molecular formula is C30H34N2O6S. The summed E-state index contributed by atoms with van der Waals surface area (Å²) in [5.41, 5.74) is 4.13. The maximum Gasteiger partial charge on any atom is 0.338 e. The van der Waals surface area contributed by atoms with Gasteiger partial charge in [-0.15, -0.1) is 0 Å². The summed E-state index contributed by atoms with van der Waals surface area (Å²) in [5.74, 6) is 1.62. The van der Waals surface area contributed by atoms with Gasteiger partial charge in [0.15, 0.2) is 4.80 Å². The number of methoxy groups -OCH3 is 3. The largest absolute Gasteiger partial charge is 0.497 e. The van der Waals surface area contributed by atoms with E-state index in [2.05, 4.69) is 24.9 Å². The third kappa shape index (κ3) is 5.23. The fourth-order valence-corrected chi connectivity index (χ4v) is 5.81. The molecule has 0 bridgehead atoms. The van der Waals surface area contributed by atoms with Crippen molar-refractivity contribution in [3.63, 3.8) is 0 Å². The van der Waals surface area contributed by atoms with Crippen molar-refractivity contribution in [2.75, 3.05) is 27.9 Å². The van der Waals surface area contributed by atoms with Crippen molar-refractivity contribution in [1.82, 2.24) is 4.57 Å². The second-order valence-electron chi connectivity index (χ2n) is 9.52. The summed E-state index contributed by atoms with van der Waals surface area (Å²) < 4.78 is 24.1. The Balaban J connectivity index is 2.00. The molecule has 2 heterocycles. The molecule has 8 nitrogen and oxygen atoms in total. The van der Waals surface area contributed by atoms with Crippen molar-refractivity contribution in [1.29, 1.82) is 0 Å². The first kappa shape index (κ1) is 28.2. The fraction of sp³-hybridized carbons (Fsp3) is 0.367. The van der Waals surface area contributed by atoms with E-state index < -0.39 is 12.0 Å². The van der Waals surface area contributed by atoms with Crippen molar-refractivity contribution >= 4 is 23.4 Å². The SMILES string of the molecule is CCOC(=O)C1=C(C)N=c2sc(=Cc3cc(C(C)C)c(OC)cc3C)c(=O)n2[C@@H]1c1ccc(OC)cc1OC. The molecule has 1 aromatic heterocycles. The monoisotopic (exact) mass is 550 g/mol. The van der Waals surface area contributed by atoms with E-state index >= 15 is 0 Å². The molecule has 0 aliphatic carbocycles. The maximum absolute atomic E-state index is 14.0. The number of hydrogen-bond acceptors (Lipinski definition) is 8. The van der Waals surface area contributed by atoms with Gasteiger partial charge in [-0.3, -0.25) is 9.36 Å². The zero-order valence-electron chi connectivity index (χ0n) is 23.6. The first-order valence-electron chi connectivity index (χ1n) is 12.7. The Kier molecular flexibility index (Phi) is 8.30. The number of ether oxygens (including phenoxy) is 4. The van der Waals surface area contributed by atoms with Crippen LogP contribution in [-0.2, 0) is 9.53 Å². The number of aryl methyl sites for hydroxylation is 1. The molecule has 3 aromatic rings. The van der Waals surface area contributed by atoms with Crippen LogP contribution in [0.15, 0.2) is 51.4 Å². The Morgan fingerprint density at radius 2 is 1.79 bits per heavy atom. The normalized spacial score (nSPS) is 15.2. The molecule has 1 aliphatic rings. The predicted octanol–water partition coefficient (Wildman–Crippen LogP) is 4.26. The zero-order valence-corrected chi connectivity index (χ0v) is 24.4. The molecule has 2 aromatic carbocycles. The van der Waals surface area contributed by atoms with Gasteiger partial charge in [0, 0.05) is 11.6 Å². The summed E-state index contributed by atoms with van der Waals surface area (Å²) >= 11 is 1.29. The fourth-order valence-electron chi connectivity index (χ4n) is 4.77. The minimum Gasteiger partial charge on any atom is -0.497 e. The number of carbonyl (C=O) groups excluding carboxylic acids is 1. The number of fused-ring (bicyclic) bond motifs is 1. The lowest BCUT2D eigenvalue weighted by atomic mass is 9.95. The summed E-state index contributed by atoms with van der Waals surface area (Å²) in [7, 11) is 4.77. The summed E-state index contributed by atoms with van der Waals surface area (Å²) in [6.07, 6.45) is 1.89. The number of nitrogens with zero attached hydrogens (tertiary/aromatic N) is 2. The average Bonchev–Trinajstić information content (AvgIpc) is 3.22. The first-order chi connectivity index (χ1) is 18.6. The molecule has 4 rings (SSSR count). The number of allylic oxidation sites excluding steroid dienone is 1. The summed E-state index contributed by atoms with van der Waals surface area (Å²) in [6.45, 7) is 9.90. The first-order valence-corrected chi connectivity index (χ1v) is 13.6. The van der Waals surface area contributed by atoms with Crippen LogP contribution in [0.3, 0.4) is 0 Å². The number of carbonyl (C=O) groups is 1. The van der Waals surface area contributed by atoms with Crippen LogP contribution < -0.4 is 29.1 Å². The molecule has 0 saturated heterocycles. The van der Waals surface area contributed by atoms with E-state index in [1.807, 2.05) is 19.1 Å². The summed E-state index contributed by atoms with van der Waals surface area (Å²) in [6, 6.07) is 8.59. The number of hydrogen-bond donors (Lipinski definition) is 0. The third-order valence-electron chi connectivity index (χ3n) is 6.78. The van der Waals surface area contributed by atoms with E-state index in [-0.39, 0.29) is 18.1 Å². The van der Waals surface area contributed by atoms with E-state index in [0.29, 0.717) is 37.7 Å². The number of thiazole rings is 1. The van der Waals surface area contributed by atoms with Crippen LogP contribution in [0.25, 0.3) is 6.08 Å². The van der Waals surface area contributed by atoms with E-state index in [1.54, 1.807) is 57.9 Å². The van der Waals surface area contributed by atoms with Gasteiger partial charge in [0.25, 0.3) is 5.56 Å². The molecule has 0 fully saturated rings. The van der Waals surface area contributed by atoms with E-state index in [4.69, 9.17) is 18.9 Å². The third-order valence-corrected chi connectivity index (χ3v) is 7.76. The quantitative estimate of drug-likeness (QED) is 0.390. The highest BCUT2D eigenvalue weighted by Crippen LogP contribution is 2.37. The van der Waals surface area contributed by atoms with Crippen molar-refractivity contribution in [3.8, 4) is 17.2 Å². The standard InChI is InChI=1S/C30H34N2O6S/c1-9-38-29(34)26-18(5)31-30-32(27(26)21-11-10-20(35-6)15-24(21)37-8)28(33)25(39-30)14-19-13-22(16(2)3)23(36-7)12-17(19)4/h10-16,27H,9H2,1-8H3/t27-/m1/s1. The second-order valence-corrected chi connectivity index (χ2v) is 10.5. The Hall–Kier alpha value is -3.85. The van der Waals surface area contributed by atoms with E-state index in [0.717, 1.165) is 22.4 Å². The highest BCUT2D eigenvalue weighted by atomic mass is 32.1. The van der Waals surface area contributed by atoms with Crippen molar-refractivity contribution in [3.05, 3.63) is 83.5 Å². The molecule has 1 atom stereocenters. The smallest absolute Gasteiger partial charge is 0.338 e. The number of aromatic nitrogens is 1. The van der Waals surface area contributed by atoms with Crippen LogP contribution in [-0.4, -0.2) is 38.5 Å². The van der Waals surface area contributed by atoms with Gasteiger partial charge >= 0.3 is 5.97 Å². The van der Waals surface area contributed by atoms with Crippen LogP contribution in [0.5, 0.6) is 17.2 Å². The Labute approximate surface area is 231 Å². The van der Waals surface area contributed by atoms with Crippen LogP contribution >= 0.6 is 11.3 Å². The molecule has 0 amide bonds. The molecular weight excluding hydrogens is 516 g/mol. The van der Waals surface area contributed by atoms with Crippen LogP contribution in [0.1, 0.15) is 61.9 Å². The lowest BCUT2D eigenvalue weighted by molar-refractivity contribution is -0.139. The van der Waals surface area contributed by atoms with Gasteiger partial charge in [-0.1, -0.05) is 25.2 Å². The van der Waals surface area contributed by atoms with Gasteiger partial charge in [-0.2, -0.15) is 0 Å². The highest BCUT2D eigenvalue weighted by Gasteiger charge is 2.35. The Bertz CT molecular complexity index is 1630. The second kappa shape index (κ2) is 11.5. The molecule has 0 spiro atoms. The lowest BCUT2D eigenvalue weighted by Gasteiger charge is -2.26. The predicted molar refractivity (Wildman–Crippen MR) is 152 cm³/mol. The van der Waals surface area contributed by atoms with Crippen molar-refractivity contribution in [2.45, 2.75) is 46.6 Å². The zero-order chi connectivity index (χ0) is 28.4. The minimum absolute atomic E-state index is 0.196. The molecule has 206 valence electrons. The van der Waals surface area contributed by atoms with Gasteiger partial charge in [0.2, 0.25) is 0 Å². The Morgan fingerprint density at radius 1 is 1.08 bits per heavy atom. The van der Waals surface area contributed by atoms with Gasteiger partial charge in [-0.25, -0.2) is 9.79 Å². The molecule has 9 heteroatoms.